The van der Waals surface area contributed by atoms with Crippen molar-refractivity contribution in [2.75, 3.05) is 16.4 Å². The molecule has 2 atom stereocenters. The Balaban J connectivity index is 1.67. The van der Waals surface area contributed by atoms with Crippen LogP contribution in [0.1, 0.15) is 5.56 Å². The third-order valence-corrected chi connectivity index (χ3v) is 8.74. The van der Waals surface area contributed by atoms with E-state index in [9.17, 15) is 13.2 Å². The number of thioether (sulfide) groups is 1. The number of halogens is 3. The van der Waals surface area contributed by atoms with Gasteiger partial charge in [0, 0.05) is 15.3 Å². The van der Waals surface area contributed by atoms with Gasteiger partial charge in [0.1, 0.15) is 0 Å². The normalized spacial score (nSPS) is 24.1. The molecule has 0 bridgehead atoms. The first kappa shape index (κ1) is 21.0. The number of amides is 1. The Morgan fingerprint density at radius 1 is 1.07 bits per heavy atom. The molecule has 2 saturated heterocycles. The molecule has 0 saturated carbocycles. The van der Waals surface area contributed by atoms with Crippen LogP contribution in [-0.2, 0) is 21.1 Å². The van der Waals surface area contributed by atoms with E-state index in [1.54, 1.807) is 47.4 Å². The number of fused-ring (bicyclic) bond motifs is 1. The van der Waals surface area contributed by atoms with E-state index >= 15 is 0 Å². The van der Waals surface area contributed by atoms with Crippen LogP contribution < -0.4 is 4.90 Å². The number of nitrogens with zero attached hydrogens (tertiary/aromatic N) is 2. The summed E-state index contributed by atoms with van der Waals surface area (Å²) in [6.45, 7) is 0. The summed E-state index contributed by atoms with van der Waals surface area (Å²) in [4.78, 5) is 18.6. The largest absolute Gasteiger partial charge is 0.314 e. The first-order chi connectivity index (χ1) is 13.7. The number of anilines is 1. The molecule has 2 aromatic carbocycles. The highest BCUT2D eigenvalue weighted by molar-refractivity contribution is 8.16. The Labute approximate surface area is 188 Å². The van der Waals surface area contributed by atoms with Crippen LogP contribution >= 0.6 is 46.6 Å². The van der Waals surface area contributed by atoms with Gasteiger partial charge in [0.05, 0.1) is 34.7 Å². The maximum absolute atomic E-state index is 12.6. The van der Waals surface area contributed by atoms with Gasteiger partial charge in [-0.15, -0.1) is 0 Å². The maximum Gasteiger partial charge on any atom is 0.252 e. The molecule has 0 aromatic heterocycles. The minimum absolute atomic E-state index is 0.0160. The average Bonchev–Trinajstić information content (AvgIpc) is 3.10. The smallest absolute Gasteiger partial charge is 0.252 e. The van der Waals surface area contributed by atoms with E-state index in [-0.39, 0.29) is 35.1 Å². The predicted octanol–water partition coefficient (Wildman–Crippen LogP) is 4.49. The summed E-state index contributed by atoms with van der Waals surface area (Å²) in [5, 5.41) is 1.70. The van der Waals surface area contributed by atoms with Crippen molar-refractivity contribution in [1.29, 1.82) is 0 Å². The summed E-state index contributed by atoms with van der Waals surface area (Å²) in [5.41, 5.74) is 1.34. The van der Waals surface area contributed by atoms with E-state index in [1.165, 1.54) is 11.8 Å². The SMILES string of the molecule is O=C(Cc1ccc(Cl)cc1)N=C1S[C@H]2CS(=O)(=O)C[C@@H]2N1c1cc(Cl)ccc1Cl. The number of benzene rings is 2. The molecule has 152 valence electrons. The van der Waals surface area contributed by atoms with Gasteiger partial charge >= 0.3 is 0 Å². The van der Waals surface area contributed by atoms with Crippen molar-refractivity contribution in [3.8, 4) is 0 Å². The highest BCUT2D eigenvalue weighted by atomic mass is 35.5. The molecular formula is C19H15Cl3N2O3S2. The molecule has 29 heavy (non-hydrogen) atoms. The van der Waals surface area contributed by atoms with Crippen LogP contribution in [0.3, 0.4) is 0 Å². The highest BCUT2D eigenvalue weighted by Crippen LogP contribution is 2.43. The molecule has 2 aliphatic rings. The quantitative estimate of drug-likeness (QED) is 0.635. The Kier molecular flexibility index (Phi) is 5.88. The summed E-state index contributed by atoms with van der Waals surface area (Å²) in [6, 6.07) is 11.6. The molecule has 4 rings (SSSR count). The van der Waals surface area contributed by atoms with Crippen LogP contribution in [0, 0.1) is 0 Å². The van der Waals surface area contributed by atoms with Gasteiger partial charge < -0.3 is 4.90 Å². The van der Waals surface area contributed by atoms with Crippen molar-refractivity contribution in [1.82, 2.24) is 0 Å². The number of rotatable bonds is 3. The third kappa shape index (κ3) is 4.59. The van der Waals surface area contributed by atoms with Crippen molar-refractivity contribution in [3.63, 3.8) is 0 Å². The van der Waals surface area contributed by atoms with Gasteiger partial charge in [-0.3, -0.25) is 4.79 Å². The lowest BCUT2D eigenvalue weighted by Crippen LogP contribution is -2.38. The summed E-state index contributed by atoms with van der Waals surface area (Å²) in [6.07, 6.45) is 0.117. The van der Waals surface area contributed by atoms with Gasteiger partial charge in [-0.1, -0.05) is 58.7 Å². The topological polar surface area (TPSA) is 66.8 Å². The minimum atomic E-state index is -3.16. The van der Waals surface area contributed by atoms with E-state index in [0.29, 0.717) is 25.9 Å². The number of hydrogen-bond acceptors (Lipinski definition) is 4. The lowest BCUT2D eigenvalue weighted by atomic mass is 10.1. The summed E-state index contributed by atoms with van der Waals surface area (Å²) in [7, 11) is -3.16. The molecule has 2 aromatic rings. The van der Waals surface area contributed by atoms with Crippen molar-refractivity contribution >= 4 is 73.2 Å². The molecule has 2 heterocycles. The van der Waals surface area contributed by atoms with Gasteiger partial charge in [-0.25, -0.2) is 8.42 Å². The molecule has 0 unspecified atom stereocenters. The number of carbonyl (C=O) groups is 1. The van der Waals surface area contributed by atoms with Crippen LogP contribution in [0.25, 0.3) is 0 Å². The van der Waals surface area contributed by atoms with Crippen molar-refractivity contribution in [2.24, 2.45) is 4.99 Å². The van der Waals surface area contributed by atoms with Crippen LogP contribution in [0.4, 0.5) is 5.69 Å². The Bertz CT molecular complexity index is 1100. The van der Waals surface area contributed by atoms with Gasteiger partial charge in [0.2, 0.25) is 0 Å². The summed E-state index contributed by atoms with van der Waals surface area (Å²) >= 11 is 19.7. The number of aliphatic imine (C=N–C) groups is 1. The first-order valence-electron chi connectivity index (χ1n) is 8.69. The lowest BCUT2D eigenvalue weighted by molar-refractivity contribution is -0.117. The zero-order valence-electron chi connectivity index (χ0n) is 14.9. The predicted molar refractivity (Wildman–Crippen MR) is 120 cm³/mol. The second-order valence-electron chi connectivity index (χ2n) is 6.86. The molecule has 10 heteroatoms. The lowest BCUT2D eigenvalue weighted by Gasteiger charge is -2.25. The van der Waals surface area contributed by atoms with Gasteiger partial charge in [-0.05, 0) is 35.9 Å². The van der Waals surface area contributed by atoms with Crippen molar-refractivity contribution in [2.45, 2.75) is 17.7 Å². The standard InChI is InChI=1S/C19H15Cl3N2O3S2/c20-12-3-1-11(2-4-12)7-18(25)23-19-24(15-8-13(21)5-6-14(15)22)16-9-29(26,27)10-17(16)28-19/h1-6,8,16-17H,7,9-10H2/t16-,17-/m0/s1. The molecule has 0 spiro atoms. The number of hydrogen-bond donors (Lipinski definition) is 0. The molecule has 0 N–H and O–H groups in total. The average molecular weight is 490 g/mol. The molecular weight excluding hydrogens is 475 g/mol. The van der Waals surface area contributed by atoms with Gasteiger partial charge in [0.15, 0.2) is 15.0 Å². The number of amidine groups is 1. The molecule has 2 aliphatic heterocycles. The fourth-order valence-corrected chi connectivity index (χ4v) is 7.86. The van der Waals surface area contributed by atoms with Gasteiger partial charge in [0.25, 0.3) is 5.91 Å². The second-order valence-corrected chi connectivity index (χ2v) is 11.5. The highest BCUT2D eigenvalue weighted by Gasteiger charge is 2.49. The molecule has 2 fully saturated rings. The van der Waals surface area contributed by atoms with E-state index in [0.717, 1.165) is 5.56 Å². The van der Waals surface area contributed by atoms with Crippen LogP contribution in [0.2, 0.25) is 15.1 Å². The third-order valence-electron chi connectivity index (χ3n) is 4.72. The molecule has 0 radical (unpaired) electrons. The van der Waals surface area contributed by atoms with Crippen molar-refractivity contribution < 1.29 is 13.2 Å². The van der Waals surface area contributed by atoms with Crippen molar-refractivity contribution in [3.05, 3.63) is 63.1 Å². The molecule has 5 nitrogen and oxygen atoms in total. The van der Waals surface area contributed by atoms with Crippen LogP contribution in [0.15, 0.2) is 47.5 Å². The van der Waals surface area contributed by atoms with E-state index in [1.807, 2.05) is 0 Å². The first-order valence-corrected chi connectivity index (χ1v) is 12.5. The zero-order chi connectivity index (χ0) is 20.8. The monoisotopic (exact) mass is 488 g/mol. The van der Waals surface area contributed by atoms with E-state index in [2.05, 4.69) is 4.99 Å². The maximum atomic E-state index is 12.6. The summed E-state index contributed by atoms with van der Waals surface area (Å²) in [5.74, 6) is -0.305. The van der Waals surface area contributed by atoms with E-state index < -0.39 is 9.84 Å². The van der Waals surface area contributed by atoms with Crippen LogP contribution in [-0.4, -0.2) is 42.3 Å². The molecule has 1 amide bonds. The number of sulfone groups is 1. The van der Waals surface area contributed by atoms with Gasteiger partial charge in [-0.2, -0.15) is 4.99 Å². The number of carbonyl (C=O) groups excluding carboxylic acids is 1. The Morgan fingerprint density at radius 2 is 1.76 bits per heavy atom. The van der Waals surface area contributed by atoms with E-state index in [4.69, 9.17) is 34.8 Å². The Morgan fingerprint density at radius 3 is 2.48 bits per heavy atom. The van der Waals surface area contributed by atoms with Crippen LogP contribution in [0.5, 0.6) is 0 Å². The molecule has 0 aliphatic carbocycles. The Hall–Kier alpha value is -1.25. The zero-order valence-corrected chi connectivity index (χ0v) is 18.8. The second kappa shape index (κ2) is 8.12. The fraction of sp³-hybridized carbons (Fsp3) is 0.263. The minimum Gasteiger partial charge on any atom is -0.314 e. The summed E-state index contributed by atoms with van der Waals surface area (Å²) < 4.78 is 24.3. The fourth-order valence-electron chi connectivity index (χ4n) is 3.44.